The van der Waals surface area contributed by atoms with Crippen molar-refractivity contribution in [2.75, 3.05) is 6.61 Å². The van der Waals surface area contributed by atoms with E-state index in [9.17, 15) is 14.4 Å². The molecule has 0 fully saturated rings. The molecule has 0 saturated carbocycles. The first-order valence-electron chi connectivity index (χ1n) is 4.08. The van der Waals surface area contributed by atoms with E-state index in [1.165, 1.54) is 12.1 Å². The van der Waals surface area contributed by atoms with Crippen LogP contribution in [0.4, 0.5) is 0 Å². The van der Waals surface area contributed by atoms with E-state index in [2.05, 4.69) is 4.74 Å². The Morgan fingerprint density at radius 3 is 2.60 bits per heavy atom. The molecule has 0 aromatic heterocycles. The molecule has 0 amide bonds. The molecule has 0 spiro atoms. The van der Waals surface area contributed by atoms with Gasteiger partial charge in [0.05, 0.1) is 5.56 Å². The van der Waals surface area contributed by atoms with Gasteiger partial charge < -0.3 is 9.84 Å². The van der Waals surface area contributed by atoms with Crippen LogP contribution < -0.4 is 0 Å². The number of ether oxygens (including phenoxy) is 1. The van der Waals surface area contributed by atoms with Crippen molar-refractivity contribution in [1.82, 2.24) is 0 Å². The minimum Gasteiger partial charge on any atom is -0.479 e. The maximum absolute atomic E-state index is 11.3. The van der Waals surface area contributed by atoms with E-state index in [0.717, 1.165) is 0 Å². The summed E-state index contributed by atoms with van der Waals surface area (Å²) in [5.41, 5.74) is 0.238. The van der Waals surface area contributed by atoms with Crippen molar-refractivity contribution in [1.29, 1.82) is 0 Å². The third kappa shape index (κ3) is 2.91. The fourth-order valence-corrected chi connectivity index (χ4v) is 0.991. The highest BCUT2D eigenvalue weighted by Gasteiger charge is 2.12. The molecular weight excluding hydrogens is 200 g/mol. The van der Waals surface area contributed by atoms with Crippen molar-refractivity contribution >= 4 is 18.2 Å². The second-order valence-electron chi connectivity index (χ2n) is 2.67. The SMILES string of the molecule is O=Cc1ccccc1C(=O)OCC(=O)O. The van der Waals surface area contributed by atoms with Crippen LogP contribution in [-0.2, 0) is 9.53 Å². The van der Waals surface area contributed by atoms with Crippen LogP contribution in [0, 0.1) is 0 Å². The highest BCUT2D eigenvalue weighted by Crippen LogP contribution is 2.07. The number of carbonyl (C=O) groups excluding carboxylic acids is 2. The Labute approximate surface area is 85.3 Å². The number of aldehydes is 1. The Morgan fingerprint density at radius 1 is 1.33 bits per heavy atom. The summed E-state index contributed by atoms with van der Waals surface area (Å²) in [6.07, 6.45) is 0.511. The number of aliphatic carboxylic acids is 1. The molecule has 1 N–H and O–H groups in total. The van der Waals surface area contributed by atoms with Gasteiger partial charge in [0.1, 0.15) is 0 Å². The number of carboxylic acid groups (broad SMARTS) is 1. The van der Waals surface area contributed by atoms with Crippen molar-refractivity contribution in [3.8, 4) is 0 Å². The molecule has 0 aliphatic heterocycles. The van der Waals surface area contributed by atoms with E-state index in [-0.39, 0.29) is 11.1 Å². The number of hydrogen-bond donors (Lipinski definition) is 1. The second-order valence-corrected chi connectivity index (χ2v) is 2.67. The third-order valence-corrected chi connectivity index (χ3v) is 1.63. The number of esters is 1. The highest BCUT2D eigenvalue weighted by atomic mass is 16.5. The quantitative estimate of drug-likeness (QED) is 0.583. The fourth-order valence-electron chi connectivity index (χ4n) is 0.991. The Balaban J connectivity index is 2.81. The first-order chi connectivity index (χ1) is 7.15. The largest absolute Gasteiger partial charge is 0.479 e. The molecule has 0 saturated heterocycles. The summed E-state index contributed by atoms with van der Waals surface area (Å²) in [7, 11) is 0. The number of benzene rings is 1. The van der Waals surface area contributed by atoms with Gasteiger partial charge in [0.2, 0.25) is 0 Å². The second kappa shape index (κ2) is 4.90. The number of carbonyl (C=O) groups is 3. The minimum atomic E-state index is -1.24. The van der Waals surface area contributed by atoms with Gasteiger partial charge in [-0.3, -0.25) is 4.79 Å². The summed E-state index contributed by atoms with van der Waals surface area (Å²) in [5, 5.41) is 8.29. The Kier molecular flexibility index (Phi) is 3.56. The lowest BCUT2D eigenvalue weighted by Crippen LogP contribution is -2.14. The average molecular weight is 208 g/mol. The van der Waals surface area contributed by atoms with Gasteiger partial charge >= 0.3 is 11.9 Å². The predicted molar refractivity (Wildman–Crippen MR) is 49.7 cm³/mol. The van der Waals surface area contributed by atoms with Gasteiger partial charge in [-0.1, -0.05) is 18.2 Å². The lowest BCUT2D eigenvalue weighted by atomic mass is 10.1. The fraction of sp³-hybridized carbons (Fsp3) is 0.100. The molecule has 0 unspecified atom stereocenters. The number of hydrogen-bond acceptors (Lipinski definition) is 4. The van der Waals surface area contributed by atoms with E-state index >= 15 is 0 Å². The third-order valence-electron chi connectivity index (χ3n) is 1.63. The van der Waals surface area contributed by atoms with Crippen molar-refractivity contribution in [3.63, 3.8) is 0 Å². The van der Waals surface area contributed by atoms with Crippen molar-refractivity contribution in [2.24, 2.45) is 0 Å². The molecule has 1 aromatic rings. The summed E-state index contributed by atoms with van der Waals surface area (Å²) in [4.78, 5) is 32.0. The van der Waals surface area contributed by atoms with E-state index in [1.807, 2.05) is 0 Å². The molecule has 78 valence electrons. The van der Waals surface area contributed by atoms with E-state index in [1.54, 1.807) is 12.1 Å². The van der Waals surface area contributed by atoms with Crippen LogP contribution in [0.15, 0.2) is 24.3 Å². The molecule has 0 bridgehead atoms. The number of rotatable bonds is 4. The van der Waals surface area contributed by atoms with Crippen LogP contribution in [0.3, 0.4) is 0 Å². The van der Waals surface area contributed by atoms with Gasteiger partial charge in [-0.2, -0.15) is 0 Å². The standard InChI is InChI=1S/C10H8O5/c11-5-7-3-1-2-4-8(7)10(14)15-6-9(12)13/h1-5H,6H2,(H,12,13). The Bertz CT molecular complexity index is 397. The van der Waals surface area contributed by atoms with Gasteiger partial charge in [0.15, 0.2) is 12.9 Å². The van der Waals surface area contributed by atoms with Gasteiger partial charge in [-0.25, -0.2) is 9.59 Å². The summed E-state index contributed by atoms with van der Waals surface area (Å²) < 4.78 is 4.43. The maximum Gasteiger partial charge on any atom is 0.341 e. The lowest BCUT2D eigenvalue weighted by Gasteiger charge is -2.03. The number of carboxylic acids is 1. The monoisotopic (exact) mass is 208 g/mol. The highest BCUT2D eigenvalue weighted by molar-refractivity contribution is 5.98. The molecule has 1 rings (SSSR count). The minimum absolute atomic E-state index is 0.0637. The molecule has 1 aromatic carbocycles. The van der Waals surface area contributed by atoms with Crippen LogP contribution in [-0.4, -0.2) is 29.9 Å². The first kappa shape index (κ1) is 10.9. The zero-order valence-corrected chi connectivity index (χ0v) is 7.67. The van der Waals surface area contributed by atoms with Gasteiger partial charge in [-0.05, 0) is 6.07 Å². The molecule has 15 heavy (non-hydrogen) atoms. The van der Waals surface area contributed by atoms with Gasteiger partial charge in [0, 0.05) is 5.56 Å². The van der Waals surface area contributed by atoms with Gasteiger partial charge in [0.25, 0.3) is 0 Å². The lowest BCUT2D eigenvalue weighted by molar-refractivity contribution is -0.140. The molecule has 0 aliphatic rings. The summed E-state index contributed by atoms with van der Waals surface area (Å²) in [6.45, 7) is -0.716. The molecule has 0 aliphatic carbocycles. The summed E-state index contributed by atoms with van der Waals surface area (Å²) in [5.74, 6) is -2.06. The normalized spacial score (nSPS) is 9.33. The van der Waals surface area contributed by atoms with Crippen LogP contribution >= 0.6 is 0 Å². The summed E-state index contributed by atoms with van der Waals surface area (Å²) in [6, 6.07) is 6.00. The molecule has 5 heteroatoms. The first-order valence-corrected chi connectivity index (χ1v) is 4.08. The van der Waals surface area contributed by atoms with E-state index < -0.39 is 18.5 Å². The van der Waals surface area contributed by atoms with Crippen LogP contribution in [0.1, 0.15) is 20.7 Å². The van der Waals surface area contributed by atoms with E-state index in [0.29, 0.717) is 6.29 Å². The smallest absolute Gasteiger partial charge is 0.341 e. The molecule has 0 heterocycles. The van der Waals surface area contributed by atoms with Crippen LogP contribution in [0.5, 0.6) is 0 Å². The zero-order valence-electron chi connectivity index (χ0n) is 7.67. The average Bonchev–Trinajstić information content (AvgIpc) is 2.25. The topological polar surface area (TPSA) is 80.7 Å². The van der Waals surface area contributed by atoms with Crippen molar-refractivity contribution in [3.05, 3.63) is 35.4 Å². The van der Waals surface area contributed by atoms with Crippen molar-refractivity contribution in [2.45, 2.75) is 0 Å². The Morgan fingerprint density at radius 2 is 2.00 bits per heavy atom. The molecular formula is C10H8O5. The zero-order chi connectivity index (χ0) is 11.3. The molecule has 0 atom stereocenters. The Hall–Kier alpha value is -2.17. The summed E-state index contributed by atoms with van der Waals surface area (Å²) >= 11 is 0. The van der Waals surface area contributed by atoms with E-state index in [4.69, 9.17) is 5.11 Å². The van der Waals surface area contributed by atoms with Crippen LogP contribution in [0.25, 0.3) is 0 Å². The van der Waals surface area contributed by atoms with Gasteiger partial charge in [-0.15, -0.1) is 0 Å². The predicted octanol–water partition coefficient (Wildman–Crippen LogP) is 0.740. The molecule has 5 nitrogen and oxygen atoms in total. The van der Waals surface area contributed by atoms with Crippen molar-refractivity contribution < 1.29 is 24.2 Å². The van der Waals surface area contributed by atoms with Crippen LogP contribution in [0.2, 0.25) is 0 Å². The maximum atomic E-state index is 11.3. The molecule has 0 radical (unpaired) electrons.